The Morgan fingerprint density at radius 1 is 0.886 bits per heavy atom. The predicted molar refractivity (Wildman–Crippen MR) is 137 cm³/mol. The van der Waals surface area contributed by atoms with E-state index in [2.05, 4.69) is 5.32 Å². The molecule has 1 amide bonds. The molecule has 1 saturated carbocycles. The summed E-state index contributed by atoms with van der Waals surface area (Å²) in [4.78, 5) is 26.4. The minimum Gasteiger partial charge on any atom is -0.324 e. The van der Waals surface area contributed by atoms with Crippen LogP contribution in [0, 0.1) is 0 Å². The number of carbonyl (C=O) groups excluding carboxylic acids is 2. The summed E-state index contributed by atoms with van der Waals surface area (Å²) in [6, 6.07) is 21.3. The fourth-order valence-corrected chi connectivity index (χ4v) is 6.23. The lowest BCUT2D eigenvalue weighted by atomic mass is 9.95. The van der Waals surface area contributed by atoms with E-state index in [0.29, 0.717) is 23.4 Å². The molecule has 0 unspecified atom stereocenters. The Balaban J connectivity index is 1.61. The van der Waals surface area contributed by atoms with Gasteiger partial charge in [-0.05, 0) is 43.2 Å². The molecule has 0 saturated heterocycles. The Labute approximate surface area is 211 Å². The van der Waals surface area contributed by atoms with E-state index >= 15 is 0 Å². The highest BCUT2D eigenvalue weighted by Crippen LogP contribution is 2.28. The van der Waals surface area contributed by atoms with Crippen LogP contribution in [0.5, 0.6) is 0 Å². The number of sulfonamides is 1. The van der Waals surface area contributed by atoms with Gasteiger partial charge < -0.3 is 5.32 Å². The largest absolute Gasteiger partial charge is 0.324 e. The first-order valence-corrected chi connectivity index (χ1v) is 13.4. The molecular weight excluding hydrogens is 484 g/mol. The van der Waals surface area contributed by atoms with Crippen LogP contribution in [0.1, 0.15) is 48.0 Å². The van der Waals surface area contributed by atoms with Gasteiger partial charge in [-0.2, -0.15) is 4.31 Å². The van der Waals surface area contributed by atoms with Gasteiger partial charge in [0.25, 0.3) is 0 Å². The third-order valence-electron chi connectivity index (χ3n) is 6.17. The summed E-state index contributed by atoms with van der Waals surface area (Å²) < 4.78 is 28.3. The lowest BCUT2D eigenvalue weighted by Gasteiger charge is -2.33. The molecule has 4 rings (SSSR count). The van der Waals surface area contributed by atoms with Gasteiger partial charge >= 0.3 is 0 Å². The monoisotopic (exact) mass is 510 g/mol. The number of rotatable bonds is 8. The molecule has 0 heterocycles. The van der Waals surface area contributed by atoms with Gasteiger partial charge in [0.05, 0.1) is 17.1 Å². The Morgan fingerprint density at radius 3 is 2.17 bits per heavy atom. The maximum absolute atomic E-state index is 13.5. The molecule has 1 aliphatic carbocycles. The Hall–Kier alpha value is -3.00. The summed E-state index contributed by atoms with van der Waals surface area (Å²) in [6.45, 7) is -0.344. The van der Waals surface area contributed by atoms with E-state index in [1.165, 1.54) is 10.4 Å². The highest BCUT2D eigenvalue weighted by atomic mass is 35.5. The van der Waals surface area contributed by atoms with Crippen LogP contribution in [0.3, 0.4) is 0 Å². The van der Waals surface area contributed by atoms with E-state index in [9.17, 15) is 18.0 Å². The number of nitrogens with one attached hydrogen (secondary N) is 1. The van der Waals surface area contributed by atoms with Gasteiger partial charge in [-0.3, -0.25) is 9.59 Å². The lowest BCUT2D eigenvalue weighted by molar-refractivity contribution is -0.116. The molecule has 1 aliphatic rings. The molecule has 0 spiro atoms. The van der Waals surface area contributed by atoms with Crippen LogP contribution in [0.25, 0.3) is 0 Å². The fourth-order valence-electron chi connectivity index (χ4n) is 4.40. The van der Waals surface area contributed by atoms with Crippen molar-refractivity contribution in [1.29, 1.82) is 0 Å². The van der Waals surface area contributed by atoms with Crippen LogP contribution in [-0.4, -0.2) is 37.0 Å². The molecule has 3 aromatic rings. The SMILES string of the molecule is O=C(CN(C1CCCCC1)S(=O)(=O)c1ccccc1)Nc1ccc(Cl)cc1C(=O)c1ccccc1. The summed E-state index contributed by atoms with van der Waals surface area (Å²) in [5.74, 6) is -0.802. The number of anilines is 1. The van der Waals surface area contributed by atoms with Gasteiger partial charge in [0.1, 0.15) is 0 Å². The summed E-state index contributed by atoms with van der Waals surface area (Å²) in [6.07, 6.45) is 4.30. The van der Waals surface area contributed by atoms with Crippen molar-refractivity contribution in [2.24, 2.45) is 0 Å². The first kappa shape index (κ1) is 25.1. The van der Waals surface area contributed by atoms with Crippen LogP contribution in [0.2, 0.25) is 5.02 Å². The number of ketones is 1. The van der Waals surface area contributed by atoms with E-state index < -0.39 is 15.9 Å². The zero-order valence-corrected chi connectivity index (χ0v) is 20.8. The van der Waals surface area contributed by atoms with Gasteiger partial charge in [-0.1, -0.05) is 79.4 Å². The maximum atomic E-state index is 13.5. The normalized spacial score (nSPS) is 14.6. The minimum absolute atomic E-state index is 0.157. The van der Waals surface area contributed by atoms with Crippen LogP contribution >= 0.6 is 11.6 Å². The lowest BCUT2D eigenvalue weighted by Crippen LogP contribution is -2.45. The number of halogens is 1. The van der Waals surface area contributed by atoms with Crippen molar-refractivity contribution in [2.75, 3.05) is 11.9 Å². The standard InChI is InChI=1S/C27H27ClN2O4S/c28-21-16-17-25(24(18-21)27(32)20-10-4-1-5-11-20)29-26(31)19-30(22-12-6-2-7-13-22)35(33,34)23-14-8-3-9-15-23/h1,3-5,8-11,14-18,22H,2,6-7,12-13,19H2,(H,29,31). The number of carbonyl (C=O) groups is 2. The number of hydrogen-bond donors (Lipinski definition) is 1. The molecule has 0 aliphatic heterocycles. The molecule has 182 valence electrons. The average Bonchev–Trinajstić information content (AvgIpc) is 2.89. The topological polar surface area (TPSA) is 83.6 Å². The molecule has 3 aromatic carbocycles. The number of hydrogen-bond acceptors (Lipinski definition) is 4. The second-order valence-electron chi connectivity index (χ2n) is 8.59. The third-order valence-corrected chi connectivity index (χ3v) is 8.32. The molecule has 0 radical (unpaired) electrons. The zero-order valence-electron chi connectivity index (χ0n) is 19.2. The Bertz CT molecular complexity index is 1290. The summed E-state index contributed by atoms with van der Waals surface area (Å²) >= 11 is 6.15. The molecular formula is C27H27ClN2O4S. The van der Waals surface area contributed by atoms with Crippen LogP contribution in [0.15, 0.2) is 83.8 Å². The van der Waals surface area contributed by atoms with Gasteiger partial charge in [-0.25, -0.2) is 8.42 Å². The minimum atomic E-state index is -3.88. The third kappa shape index (κ3) is 5.99. The molecule has 0 bridgehead atoms. The van der Waals surface area contributed by atoms with Gasteiger partial charge in [-0.15, -0.1) is 0 Å². The maximum Gasteiger partial charge on any atom is 0.243 e. The van der Waals surface area contributed by atoms with Crippen LogP contribution < -0.4 is 5.32 Å². The zero-order chi connectivity index (χ0) is 24.8. The summed E-state index contributed by atoms with van der Waals surface area (Å²) in [7, 11) is -3.88. The average molecular weight is 511 g/mol. The fraction of sp³-hybridized carbons (Fsp3) is 0.259. The molecule has 0 atom stereocenters. The molecule has 1 N–H and O–H groups in total. The molecule has 1 fully saturated rings. The Morgan fingerprint density at radius 2 is 1.51 bits per heavy atom. The second-order valence-corrected chi connectivity index (χ2v) is 10.9. The molecule has 8 heteroatoms. The van der Waals surface area contributed by atoms with E-state index in [4.69, 9.17) is 11.6 Å². The van der Waals surface area contributed by atoms with E-state index in [-0.39, 0.29) is 34.5 Å². The number of nitrogens with zero attached hydrogens (tertiary/aromatic N) is 1. The molecule has 0 aromatic heterocycles. The van der Waals surface area contributed by atoms with E-state index in [0.717, 1.165) is 19.3 Å². The van der Waals surface area contributed by atoms with E-state index in [1.807, 2.05) is 6.07 Å². The van der Waals surface area contributed by atoms with Gasteiger partial charge in [0.15, 0.2) is 5.78 Å². The van der Waals surface area contributed by atoms with Crippen molar-refractivity contribution in [2.45, 2.75) is 43.0 Å². The van der Waals surface area contributed by atoms with Gasteiger partial charge in [0.2, 0.25) is 15.9 Å². The van der Waals surface area contributed by atoms with Crippen molar-refractivity contribution in [3.05, 3.63) is 95.0 Å². The quantitative estimate of drug-likeness (QED) is 0.404. The molecule has 6 nitrogen and oxygen atoms in total. The van der Waals surface area contributed by atoms with Gasteiger partial charge in [0, 0.05) is 22.2 Å². The predicted octanol–water partition coefficient (Wildman–Crippen LogP) is 5.53. The van der Waals surface area contributed by atoms with Crippen molar-refractivity contribution in [3.8, 4) is 0 Å². The summed E-state index contributed by atoms with van der Waals surface area (Å²) in [5.41, 5.74) is 0.988. The first-order chi connectivity index (χ1) is 16.9. The van der Waals surface area contributed by atoms with Crippen molar-refractivity contribution >= 4 is 39.0 Å². The number of benzene rings is 3. The van der Waals surface area contributed by atoms with Crippen molar-refractivity contribution < 1.29 is 18.0 Å². The van der Waals surface area contributed by atoms with Crippen LogP contribution in [0.4, 0.5) is 5.69 Å². The molecule has 35 heavy (non-hydrogen) atoms. The van der Waals surface area contributed by atoms with Crippen LogP contribution in [-0.2, 0) is 14.8 Å². The highest BCUT2D eigenvalue weighted by molar-refractivity contribution is 7.89. The van der Waals surface area contributed by atoms with Crippen molar-refractivity contribution in [3.63, 3.8) is 0 Å². The highest BCUT2D eigenvalue weighted by Gasteiger charge is 2.34. The summed E-state index contributed by atoms with van der Waals surface area (Å²) in [5, 5.41) is 3.12. The van der Waals surface area contributed by atoms with E-state index in [1.54, 1.807) is 66.7 Å². The van der Waals surface area contributed by atoms with Crippen molar-refractivity contribution in [1.82, 2.24) is 4.31 Å². The smallest absolute Gasteiger partial charge is 0.243 e. The number of amides is 1. The Kier molecular flexibility index (Phi) is 8.00. The second kappa shape index (κ2) is 11.2. The first-order valence-electron chi connectivity index (χ1n) is 11.6.